The maximum Gasteiger partial charge on any atom is 0.239 e. The lowest BCUT2D eigenvalue weighted by molar-refractivity contribution is 0.262. The minimum Gasteiger partial charge on any atom is -0.459 e. The van der Waals surface area contributed by atoms with E-state index < -0.39 is 6.10 Å². The summed E-state index contributed by atoms with van der Waals surface area (Å²) in [4.78, 5) is 5.68. The number of hydrogen-bond donors (Lipinski definition) is 3. The van der Waals surface area contributed by atoms with Crippen LogP contribution in [0.4, 0.5) is 5.69 Å². The molecule has 0 aliphatic rings. The Bertz CT molecular complexity index is 1190. The average Bonchev–Trinajstić information content (AvgIpc) is 3.36. The molecule has 2 aromatic heterocycles. The molecule has 0 aliphatic heterocycles. The summed E-state index contributed by atoms with van der Waals surface area (Å²) in [5.41, 5.74) is 17.6. The number of nitrogens with two attached hydrogens (primary N) is 2. The zero-order chi connectivity index (χ0) is 21.6. The molecule has 154 valence electrons. The molecule has 0 saturated heterocycles. The summed E-state index contributed by atoms with van der Waals surface area (Å²) in [5.74, 6) is 5.72. The number of hydrazone groups is 1. The highest BCUT2D eigenvalue weighted by molar-refractivity contribution is 7.13. The van der Waals surface area contributed by atoms with Gasteiger partial charge >= 0.3 is 0 Å². The lowest BCUT2D eigenvalue weighted by Crippen LogP contribution is -2.20. The number of pyridine rings is 1. The standard InChI is InChI=1S/C23H20N6OS/c24-20-17(19-12-7-13-31-19)14-18(15-8-3-1-4-9-15)27-23(20)30-21(22(28-25)29-26)16-10-5-2-6-11-16/h1-14,21,25H,24,26H2/b28-25?,29-22-. The minimum absolute atomic E-state index is 0.00943. The van der Waals surface area contributed by atoms with Crippen molar-refractivity contribution >= 4 is 22.9 Å². The third kappa shape index (κ3) is 4.29. The Balaban J connectivity index is 1.86. The van der Waals surface area contributed by atoms with Crippen molar-refractivity contribution in [1.82, 2.24) is 4.98 Å². The fourth-order valence-corrected chi connectivity index (χ4v) is 3.94. The van der Waals surface area contributed by atoms with Crippen LogP contribution < -0.4 is 16.3 Å². The Hall–Kier alpha value is -4.04. The molecule has 2 heterocycles. The number of hydrogen-bond acceptors (Lipinski definition) is 7. The molecular formula is C23H20N6OS. The van der Waals surface area contributed by atoms with Gasteiger partial charge < -0.3 is 16.3 Å². The van der Waals surface area contributed by atoms with Gasteiger partial charge in [-0.15, -0.1) is 16.5 Å². The van der Waals surface area contributed by atoms with E-state index in [1.54, 1.807) is 11.3 Å². The van der Waals surface area contributed by atoms with E-state index in [0.717, 1.165) is 21.6 Å². The van der Waals surface area contributed by atoms with E-state index >= 15 is 0 Å². The molecular weight excluding hydrogens is 408 g/mol. The lowest BCUT2D eigenvalue weighted by atomic mass is 10.1. The van der Waals surface area contributed by atoms with E-state index in [9.17, 15) is 0 Å². The summed E-state index contributed by atoms with van der Waals surface area (Å²) in [5, 5.41) is 9.07. The van der Waals surface area contributed by atoms with Gasteiger partial charge in [-0.1, -0.05) is 66.7 Å². The van der Waals surface area contributed by atoms with Crippen LogP contribution in [0.5, 0.6) is 5.88 Å². The first-order valence-electron chi connectivity index (χ1n) is 9.48. The van der Waals surface area contributed by atoms with Gasteiger partial charge in [-0.3, -0.25) is 0 Å². The van der Waals surface area contributed by atoms with E-state index in [2.05, 4.69) is 15.2 Å². The molecule has 4 aromatic rings. The Morgan fingerprint density at radius 2 is 1.71 bits per heavy atom. The highest BCUT2D eigenvalue weighted by Crippen LogP contribution is 2.39. The van der Waals surface area contributed by atoms with E-state index in [0.29, 0.717) is 11.4 Å². The first kappa shape index (κ1) is 20.2. The fraction of sp³-hybridized carbons (Fsp3) is 0.0435. The van der Waals surface area contributed by atoms with Crippen LogP contribution in [0.1, 0.15) is 11.7 Å². The molecule has 2 aromatic carbocycles. The maximum absolute atomic E-state index is 7.48. The van der Waals surface area contributed by atoms with Crippen LogP contribution in [0.25, 0.3) is 21.7 Å². The predicted molar refractivity (Wildman–Crippen MR) is 124 cm³/mol. The smallest absolute Gasteiger partial charge is 0.239 e. The second-order valence-electron chi connectivity index (χ2n) is 6.62. The highest BCUT2D eigenvalue weighted by Gasteiger charge is 2.24. The van der Waals surface area contributed by atoms with Crippen LogP contribution in [0, 0.1) is 5.53 Å². The number of ether oxygens (including phenoxy) is 1. The monoisotopic (exact) mass is 428 g/mol. The molecule has 0 bridgehead atoms. The topological polar surface area (TPSA) is 123 Å². The second kappa shape index (κ2) is 9.19. The predicted octanol–water partition coefficient (Wildman–Crippen LogP) is 5.48. The molecule has 8 heteroatoms. The van der Waals surface area contributed by atoms with Crippen molar-refractivity contribution in [2.45, 2.75) is 6.10 Å². The Kier molecular flexibility index (Phi) is 6.00. The van der Waals surface area contributed by atoms with Crippen LogP contribution >= 0.6 is 11.3 Å². The van der Waals surface area contributed by atoms with Crippen molar-refractivity contribution < 1.29 is 4.74 Å². The number of thiophene rings is 1. The molecule has 0 radical (unpaired) electrons. The normalized spacial score (nSPS) is 12.3. The van der Waals surface area contributed by atoms with Crippen molar-refractivity contribution in [3.05, 3.63) is 89.8 Å². The molecule has 0 amide bonds. The van der Waals surface area contributed by atoms with E-state index in [-0.39, 0.29) is 11.7 Å². The fourth-order valence-electron chi connectivity index (χ4n) is 3.18. The van der Waals surface area contributed by atoms with Crippen molar-refractivity contribution in [2.75, 3.05) is 5.73 Å². The number of aromatic nitrogens is 1. The second-order valence-corrected chi connectivity index (χ2v) is 7.57. The van der Waals surface area contributed by atoms with E-state index in [1.807, 2.05) is 84.2 Å². The first-order valence-corrected chi connectivity index (χ1v) is 10.4. The van der Waals surface area contributed by atoms with Gasteiger partial charge in [0.25, 0.3) is 0 Å². The Morgan fingerprint density at radius 1 is 1.00 bits per heavy atom. The van der Waals surface area contributed by atoms with Crippen molar-refractivity contribution in [3.63, 3.8) is 0 Å². The average molecular weight is 429 g/mol. The molecule has 0 spiro atoms. The molecule has 7 nitrogen and oxygen atoms in total. The Morgan fingerprint density at radius 3 is 2.32 bits per heavy atom. The molecule has 4 rings (SSSR count). The summed E-state index contributed by atoms with van der Waals surface area (Å²) in [6, 6.07) is 25.0. The van der Waals surface area contributed by atoms with Crippen LogP contribution in [0.15, 0.2) is 94.5 Å². The largest absolute Gasteiger partial charge is 0.459 e. The number of rotatable bonds is 6. The first-order chi connectivity index (χ1) is 15.2. The van der Waals surface area contributed by atoms with Gasteiger partial charge in [-0.2, -0.15) is 5.10 Å². The third-order valence-electron chi connectivity index (χ3n) is 4.69. The van der Waals surface area contributed by atoms with E-state index in [1.165, 1.54) is 0 Å². The van der Waals surface area contributed by atoms with Gasteiger partial charge in [0.05, 0.1) is 5.69 Å². The molecule has 5 N–H and O–H groups in total. The lowest BCUT2D eigenvalue weighted by Gasteiger charge is -2.20. The third-order valence-corrected chi connectivity index (χ3v) is 5.60. The van der Waals surface area contributed by atoms with Gasteiger partial charge in [0.1, 0.15) is 5.69 Å². The van der Waals surface area contributed by atoms with Crippen LogP contribution in [0.2, 0.25) is 0 Å². The van der Waals surface area contributed by atoms with Gasteiger partial charge in [0, 0.05) is 21.6 Å². The van der Waals surface area contributed by atoms with Crippen LogP contribution in [-0.4, -0.2) is 10.8 Å². The van der Waals surface area contributed by atoms with Crippen molar-refractivity contribution in [1.29, 1.82) is 5.53 Å². The minimum atomic E-state index is -0.833. The van der Waals surface area contributed by atoms with E-state index in [4.69, 9.17) is 21.8 Å². The molecule has 0 aliphatic carbocycles. The van der Waals surface area contributed by atoms with Crippen molar-refractivity contribution in [3.8, 4) is 27.6 Å². The highest BCUT2D eigenvalue weighted by atomic mass is 32.1. The van der Waals surface area contributed by atoms with Crippen LogP contribution in [0.3, 0.4) is 0 Å². The summed E-state index contributed by atoms with van der Waals surface area (Å²) in [6.45, 7) is 0. The van der Waals surface area contributed by atoms with Gasteiger partial charge in [0.2, 0.25) is 11.7 Å². The zero-order valence-corrected chi connectivity index (χ0v) is 17.3. The number of nitrogens with one attached hydrogen (secondary N) is 1. The summed E-state index contributed by atoms with van der Waals surface area (Å²) < 4.78 is 6.22. The summed E-state index contributed by atoms with van der Waals surface area (Å²) >= 11 is 1.58. The number of nitrogens with zero attached hydrogens (tertiary/aromatic N) is 3. The quantitative estimate of drug-likeness (QED) is 0.124. The maximum atomic E-state index is 7.48. The molecule has 1 unspecified atom stereocenters. The number of nitrogen functional groups attached to an aromatic ring is 1. The zero-order valence-electron chi connectivity index (χ0n) is 16.5. The molecule has 1 atom stereocenters. The van der Waals surface area contributed by atoms with Gasteiger partial charge in [0.15, 0.2) is 6.10 Å². The van der Waals surface area contributed by atoms with Crippen LogP contribution in [-0.2, 0) is 0 Å². The Labute approximate surface area is 183 Å². The summed E-state index contributed by atoms with van der Waals surface area (Å²) in [6.07, 6.45) is -0.833. The number of amidine groups is 1. The molecule has 31 heavy (non-hydrogen) atoms. The number of anilines is 1. The van der Waals surface area contributed by atoms with Gasteiger partial charge in [-0.25, -0.2) is 10.5 Å². The summed E-state index contributed by atoms with van der Waals surface area (Å²) in [7, 11) is 0. The molecule has 0 fully saturated rings. The molecule has 0 saturated carbocycles. The number of benzene rings is 2. The van der Waals surface area contributed by atoms with Gasteiger partial charge in [-0.05, 0) is 17.5 Å². The van der Waals surface area contributed by atoms with Crippen molar-refractivity contribution in [2.24, 2.45) is 16.1 Å². The SMILES string of the molecule is N=N/C(=N\N)C(Oc1nc(-c2ccccc2)cc(-c2cccs2)c1N)c1ccccc1.